The van der Waals surface area contributed by atoms with Crippen LogP contribution in [0.2, 0.25) is 0 Å². The van der Waals surface area contributed by atoms with E-state index in [4.69, 9.17) is 0 Å². The lowest BCUT2D eigenvalue weighted by molar-refractivity contribution is -0.140. The van der Waals surface area contributed by atoms with Crippen LogP contribution in [0.1, 0.15) is 13.8 Å². The first-order chi connectivity index (χ1) is 4.68. The summed E-state index contributed by atoms with van der Waals surface area (Å²) in [7, 11) is 1.59. The van der Waals surface area contributed by atoms with Gasteiger partial charge in [0, 0.05) is 14.0 Å². The number of hydrogen-bond acceptors (Lipinski definition) is 4. The van der Waals surface area contributed by atoms with Crippen molar-refractivity contribution in [1.29, 1.82) is 0 Å². The van der Waals surface area contributed by atoms with Gasteiger partial charge in [-0.25, -0.2) is 4.99 Å². The molecule has 0 aliphatic rings. The molecule has 0 unspecified atom stereocenters. The summed E-state index contributed by atoms with van der Waals surface area (Å²) in [6.45, 7) is 3.65. The van der Waals surface area contributed by atoms with Gasteiger partial charge in [-0.15, -0.1) is 0 Å². The summed E-state index contributed by atoms with van der Waals surface area (Å²) >= 11 is 4.14. The van der Waals surface area contributed by atoms with Gasteiger partial charge in [0.1, 0.15) is 0 Å². The van der Waals surface area contributed by atoms with Crippen LogP contribution in [-0.4, -0.2) is 24.8 Å². The van der Waals surface area contributed by atoms with Crippen molar-refractivity contribution >= 4 is 23.3 Å². The Hall–Kier alpha value is -0.730. The monoisotopic (exact) mass is 161 g/mol. The Morgan fingerprint density at radius 2 is 2.20 bits per heavy atom. The highest BCUT2D eigenvalue weighted by molar-refractivity contribution is 7.78. The van der Waals surface area contributed by atoms with E-state index in [1.165, 1.54) is 6.92 Å². The van der Waals surface area contributed by atoms with Crippen LogP contribution in [0.4, 0.5) is 0 Å². The number of ether oxygens (including phenoxy) is 1. The molecule has 0 saturated carbocycles. The van der Waals surface area contributed by atoms with E-state index in [2.05, 4.69) is 27.1 Å². The van der Waals surface area contributed by atoms with E-state index in [-0.39, 0.29) is 5.97 Å². The van der Waals surface area contributed by atoms with Crippen LogP contribution in [0.5, 0.6) is 0 Å². The van der Waals surface area contributed by atoms with Crippen molar-refractivity contribution in [2.24, 2.45) is 4.99 Å². The molecule has 0 radical (unpaired) electrons. The highest BCUT2D eigenvalue weighted by atomic mass is 32.1. The van der Waals surface area contributed by atoms with E-state index in [0.717, 1.165) is 0 Å². The zero-order valence-electron chi connectivity index (χ0n) is 6.38. The fourth-order valence-electron chi connectivity index (χ4n) is 0.203. The molecule has 0 aromatic carbocycles. The third kappa shape index (κ3) is 26.7. The second-order valence-corrected chi connectivity index (χ2v) is 1.42. The van der Waals surface area contributed by atoms with E-state index in [0.29, 0.717) is 6.61 Å². The first kappa shape index (κ1) is 12.0. The molecule has 0 spiro atoms. The van der Waals surface area contributed by atoms with Crippen molar-refractivity contribution < 1.29 is 9.53 Å². The lowest BCUT2D eigenvalue weighted by Gasteiger charge is -1.89. The van der Waals surface area contributed by atoms with Gasteiger partial charge in [-0.1, -0.05) is 0 Å². The number of nitrogens with zero attached hydrogens (tertiary/aromatic N) is 1. The quantitative estimate of drug-likeness (QED) is 0.330. The maximum Gasteiger partial charge on any atom is 0.302 e. The van der Waals surface area contributed by atoms with Gasteiger partial charge in [-0.2, -0.15) is 0 Å². The molecule has 0 rings (SSSR count). The predicted octanol–water partition coefficient (Wildman–Crippen LogP) is 1.29. The summed E-state index contributed by atoms with van der Waals surface area (Å²) < 4.78 is 4.40. The van der Waals surface area contributed by atoms with Crippen LogP contribution in [0, 0.1) is 0 Å². The minimum absolute atomic E-state index is 0.211. The molecule has 0 aromatic heterocycles. The normalized spacial score (nSPS) is 6.30. The summed E-state index contributed by atoms with van der Waals surface area (Å²) in [6, 6.07) is 0. The van der Waals surface area contributed by atoms with Crippen LogP contribution < -0.4 is 0 Å². The lowest BCUT2D eigenvalue weighted by atomic mass is 10.8. The van der Waals surface area contributed by atoms with Gasteiger partial charge in [0.25, 0.3) is 0 Å². The van der Waals surface area contributed by atoms with Gasteiger partial charge >= 0.3 is 5.97 Å². The van der Waals surface area contributed by atoms with Gasteiger partial charge < -0.3 is 4.74 Å². The number of esters is 1. The van der Waals surface area contributed by atoms with Crippen molar-refractivity contribution in [3.8, 4) is 0 Å². The van der Waals surface area contributed by atoms with Gasteiger partial charge in [0.05, 0.1) is 11.8 Å². The number of carbonyl (C=O) groups is 1. The number of hydrogen-bond donors (Lipinski definition) is 0. The van der Waals surface area contributed by atoms with Crippen molar-refractivity contribution in [3.63, 3.8) is 0 Å². The van der Waals surface area contributed by atoms with Crippen molar-refractivity contribution in [3.05, 3.63) is 0 Å². The largest absolute Gasteiger partial charge is 0.466 e. The highest BCUT2D eigenvalue weighted by Gasteiger charge is 1.81. The number of thiocarbonyl (C=S) groups is 1. The number of rotatable bonds is 1. The second kappa shape index (κ2) is 11.1. The molecule has 0 atom stereocenters. The average molecular weight is 161 g/mol. The van der Waals surface area contributed by atoms with E-state index in [1.54, 1.807) is 14.0 Å². The van der Waals surface area contributed by atoms with E-state index in [9.17, 15) is 4.79 Å². The van der Waals surface area contributed by atoms with Gasteiger partial charge in [-0.05, 0) is 19.1 Å². The van der Waals surface area contributed by atoms with Gasteiger partial charge in [-0.3, -0.25) is 4.79 Å². The van der Waals surface area contributed by atoms with Crippen LogP contribution in [0.15, 0.2) is 4.99 Å². The minimum Gasteiger partial charge on any atom is -0.466 e. The number of carbonyl (C=O) groups excluding carboxylic acids is 1. The molecule has 3 nitrogen and oxygen atoms in total. The molecule has 0 amide bonds. The Morgan fingerprint density at radius 1 is 1.80 bits per heavy atom. The topological polar surface area (TPSA) is 38.7 Å². The van der Waals surface area contributed by atoms with Crippen LogP contribution in [-0.2, 0) is 9.53 Å². The second-order valence-electron chi connectivity index (χ2n) is 1.24. The van der Waals surface area contributed by atoms with Crippen LogP contribution in [0.3, 0.4) is 0 Å². The Balaban J connectivity index is 0. The SMILES string of the molecule is CCOC(C)=O.CN=C=S. The molecule has 4 heteroatoms. The van der Waals surface area contributed by atoms with Gasteiger partial charge in [0.15, 0.2) is 0 Å². The molecule has 0 N–H and O–H groups in total. The molecule has 58 valence electrons. The molecule has 0 saturated heterocycles. The Morgan fingerprint density at radius 3 is 2.20 bits per heavy atom. The number of aliphatic imine (C=N–C) groups is 1. The van der Waals surface area contributed by atoms with Crippen LogP contribution in [0.25, 0.3) is 0 Å². The fraction of sp³-hybridized carbons (Fsp3) is 0.667. The molecule has 0 heterocycles. The Labute approximate surface area is 66.1 Å². The van der Waals surface area contributed by atoms with Crippen molar-refractivity contribution in [2.45, 2.75) is 13.8 Å². The van der Waals surface area contributed by atoms with Crippen molar-refractivity contribution in [2.75, 3.05) is 13.7 Å². The lowest BCUT2D eigenvalue weighted by Crippen LogP contribution is -1.95. The first-order valence-corrected chi connectivity index (χ1v) is 3.19. The van der Waals surface area contributed by atoms with E-state index in [1.807, 2.05) is 0 Å². The zero-order chi connectivity index (χ0) is 8.41. The maximum atomic E-state index is 9.82. The molecular weight excluding hydrogens is 150 g/mol. The Kier molecular flexibility index (Phi) is 13.3. The summed E-state index contributed by atoms with van der Waals surface area (Å²) in [6.07, 6.45) is 0. The van der Waals surface area contributed by atoms with Gasteiger partial charge in [0.2, 0.25) is 0 Å². The Bertz CT molecular complexity index is 130. The molecule has 0 aromatic rings. The smallest absolute Gasteiger partial charge is 0.302 e. The maximum absolute atomic E-state index is 9.82. The highest BCUT2D eigenvalue weighted by Crippen LogP contribution is 1.69. The zero-order valence-corrected chi connectivity index (χ0v) is 7.20. The van der Waals surface area contributed by atoms with E-state index < -0.39 is 0 Å². The summed E-state index contributed by atoms with van der Waals surface area (Å²) in [5.74, 6) is -0.211. The molecular formula is C6H11NO2S. The van der Waals surface area contributed by atoms with Crippen LogP contribution >= 0.6 is 12.2 Å². The third-order valence-electron chi connectivity index (χ3n) is 0.439. The standard InChI is InChI=1S/C4H8O2.C2H3NS/c1-3-6-4(2)5;1-3-2-4/h3H2,1-2H3;1H3. The molecule has 0 aliphatic heterocycles. The summed E-state index contributed by atoms with van der Waals surface area (Å²) in [5.41, 5.74) is 0. The summed E-state index contributed by atoms with van der Waals surface area (Å²) in [5, 5.41) is 2.14. The fourth-order valence-corrected chi connectivity index (χ4v) is 0.203. The average Bonchev–Trinajstić information content (AvgIpc) is 1.89. The number of isothiocyanates is 1. The molecule has 0 aliphatic carbocycles. The van der Waals surface area contributed by atoms with E-state index >= 15 is 0 Å². The minimum atomic E-state index is -0.211. The predicted molar refractivity (Wildman–Crippen MR) is 43.3 cm³/mol. The molecule has 0 bridgehead atoms. The van der Waals surface area contributed by atoms with Crippen molar-refractivity contribution in [1.82, 2.24) is 0 Å². The molecule has 10 heavy (non-hydrogen) atoms. The molecule has 0 fully saturated rings. The summed E-state index contributed by atoms with van der Waals surface area (Å²) in [4.78, 5) is 13.1. The third-order valence-corrected chi connectivity index (χ3v) is 0.621. The first-order valence-electron chi connectivity index (χ1n) is 2.78.